The SMILES string of the molecule is Cc1cc(N=Nc2c(O)ccc3cccc(S(=O)(=O)[O-])c23)ccc1[N+](=O)[O-].Cc1cc(N=Nc2c(O)ccc3cccc(S(=O)(=O)[O-])c23)ccc1[N+](=O)[O-].[Ca+2]. The van der Waals surface area contributed by atoms with E-state index in [1.54, 1.807) is 12.1 Å². The molecular weight excluding hydrogens is 789 g/mol. The maximum Gasteiger partial charge on any atom is 2.00 e. The number of aryl methyl sites for hydroxylation is 2. The van der Waals surface area contributed by atoms with Crippen molar-refractivity contribution in [3.63, 3.8) is 0 Å². The molecule has 0 radical (unpaired) electrons. The summed E-state index contributed by atoms with van der Waals surface area (Å²) in [6, 6.07) is 21.8. The second-order valence-corrected chi connectivity index (χ2v) is 14.0. The number of hydrogen-bond acceptors (Lipinski definition) is 16. The van der Waals surface area contributed by atoms with Crippen molar-refractivity contribution in [1.29, 1.82) is 0 Å². The van der Waals surface area contributed by atoms with Gasteiger partial charge in [-0.25, -0.2) is 16.8 Å². The summed E-state index contributed by atoms with van der Waals surface area (Å²) in [5, 5.41) is 58.3. The Morgan fingerprint density at radius 2 is 0.909 bits per heavy atom. The fourth-order valence-corrected chi connectivity index (χ4v) is 6.70. The van der Waals surface area contributed by atoms with Crippen molar-refractivity contribution in [1.82, 2.24) is 0 Å². The van der Waals surface area contributed by atoms with Crippen LogP contribution < -0.4 is 0 Å². The Hall–Kier alpha value is -5.48. The van der Waals surface area contributed by atoms with Crippen molar-refractivity contribution in [2.45, 2.75) is 23.6 Å². The van der Waals surface area contributed by atoms with Crippen LogP contribution in [0.1, 0.15) is 11.1 Å². The molecule has 0 saturated carbocycles. The summed E-state index contributed by atoms with van der Waals surface area (Å²) in [6.45, 7) is 3.07. The average molecular weight is 813 g/mol. The van der Waals surface area contributed by atoms with Gasteiger partial charge in [0.05, 0.1) is 31.0 Å². The van der Waals surface area contributed by atoms with Crippen molar-refractivity contribution in [2.75, 3.05) is 0 Å². The Morgan fingerprint density at radius 1 is 0.545 bits per heavy atom. The number of phenolic OH excluding ortho intramolecular Hbond substituents is 2. The van der Waals surface area contributed by atoms with E-state index in [4.69, 9.17) is 0 Å². The molecule has 0 heterocycles. The summed E-state index contributed by atoms with van der Waals surface area (Å²) >= 11 is 0. The first kappa shape index (κ1) is 42.3. The van der Waals surface area contributed by atoms with E-state index < -0.39 is 39.9 Å². The topological polar surface area (TPSA) is 291 Å². The molecule has 18 nitrogen and oxygen atoms in total. The molecule has 0 aromatic heterocycles. The maximum absolute atomic E-state index is 11.6. The molecule has 0 unspecified atom stereocenters. The predicted octanol–water partition coefficient (Wildman–Crippen LogP) is 7.78. The Balaban J connectivity index is 0.000000240. The first-order valence-corrected chi connectivity index (χ1v) is 17.9. The molecule has 276 valence electrons. The van der Waals surface area contributed by atoms with E-state index in [0.29, 0.717) is 21.9 Å². The minimum absolute atomic E-state index is 0. The van der Waals surface area contributed by atoms with Gasteiger partial charge in [-0.3, -0.25) is 20.2 Å². The van der Waals surface area contributed by atoms with Crippen molar-refractivity contribution >= 4 is 114 Å². The quantitative estimate of drug-likeness (QED) is 0.0489. The second-order valence-electron chi connectivity index (χ2n) is 11.3. The Labute approximate surface area is 341 Å². The number of rotatable bonds is 8. The van der Waals surface area contributed by atoms with Gasteiger partial charge >= 0.3 is 37.7 Å². The van der Waals surface area contributed by atoms with Gasteiger partial charge in [0, 0.05) is 34.0 Å². The van der Waals surface area contributed by atoms with Crippen LogP contribution in [0.5, 0.6) is 11.5 Å². The van der Waals surface area contributed by atoms with Crippen LogP contribution in [0.15, 0.2) is 127 Å². The van der Waals surface area contributed by atoms with Crippen molar-refractivity contribution < 1.29 is 46.0 Å². The molecule has 0 aliphatic rings. The summed E-state index contributed by atoms with van der Waals surface area (Å²) in [6.07, 6.45) is 0. The van der Waals surface area contributed by atoms with Crippen molar-refractivity contribution in [3.05, 3.63) is 128 Å². The fourth-order valence-electron chi connectivity index (χ4n) is 5.28. The monoisotopic (exact) mass is 812 g/mol. The number of nitrogens with zero attached hydrogens (tertiary/aromatic N) is 6. The van der Waals surface area contributed by atoms with Crippen LogP contribution >= 0.6 is 0 Å². The smallest absolute Gasteiger partial charge is 0.744 e. The second kappa shape index (κ2) is 16.9. The Bertz CT molecular complexity index is 2610. The minimum atomic E-state index is -4.81. The molecule has 6 aromatic carbocycles. The van der Waals surface area contributed by atoms with Gasteiger partial charge < -0.3 is 19.3 Å². The molecule has 2 N–H and O–H groups in total. The summed E-state index contributed by atoms with van der Waals surface area (Å²) in [4.78, 5) is 19.6. The number of aromatic hydroxyl groups is 2. The van der Waals surface area contributed by atoms with Gasteiger partial charge in [0.25, 0.3) is 11.4 Å². The molecular formula is C34H24CaN6O12S2. The Kier molecular flexibility index (Phi) is 13.0. The van der Waals surface area contributed by atoms with Crippen LogP contribution in [0.4, 0.5) is 34.1 Å². The normalized spacial score (nSPS) is 11.7. The van der Waals surface area contributed by atoms with Gasteiger partial charge in [0.1, 0.15) is 43.1 Å². The molecule has 0 amide bonds. The number of benzene rings is 6. The molecule has 0 saturated heterocycles. The van der Waals surface area contributed by atoms with E-state index in [-0.39, 0.29) is 94.1 Å². The zero-order valence-electron chi connectivity index (χ0n) is 28.4. The van der Waals surface area contributed by atoms with Gasteiger partial charge in [0.2, 0.25) is 0 Å². The fraction of sp³-hybridized carbons (Fsp3) is 0.0588. The van der Waals surface area contributed by atoms with Gasteiger partial charge in [-0.1, -0.05) is 36.4 Å². The third-order valence-electron chi connectivity index (χ3n) is 7.74. The van der Waals surface area contributed by atoms with Gasteiger partial charge in [-0.2, -0.15) is 10.2 Å². The van der Waals surface area contributed by atoms with Gasteiger partial charge in [-0.05, 0) is 73.2 Å². The van der Waals surface area contributed by atoms with Crippen LogP contribution in [-0.4, -0.2) is 83.7 Å². The third kappa shape index (κ3) is 9.61. The van der Waals surface area contributed by atoms with Crippen LogP contribution in [0.3, 0.4) is 0 Å². The predicted molar refractivity (Wildman–Crippen MR) is 197 cm³/mol. The van der Waals surface area contributed by atoms with E-state index in [1.165, 1.54) is 86.6 Å². The first-order valence-electron chi connectivity index (χ1n) is 15.1. The van der Waals surface area contributed by atoms with Crippen LogP contribution in [0.25, 0.3) is 21.5 Å². The number of fused-ring (bicyclic) bond motifs is 2. The molecule has 0 spiro atoms. The van der Waals surface area contributed by atoms with Crippen LogP contribution in [0, 0.1) is 34.1 Å². The van der Waals surface area contributed by atoms with Crippen LogP contribution in [0.2, 0.25) is 0 Å². The Morgan fingerprint density at radius 3 is 1.22 bits per heavy atom. The first-order chi connectivity index (χ1) is 25.4. The average Bonchev–Trinajstić information content (AvgIpc) is 3.09. The molecule has 55 heavy (non-hydrogen) atoms. The largest absolute Gasteiger partial charge is 2.00 e. The summed E-state index contributed by atoms with van der Waals surface area (Å²) in [5.74, 6) is -0.720. The minimum Gasteiger partial charge on any atom is -0.744 e. The zero-order chi connectivity index (χ0) is 39.5. The molecule has 0 bridgehead atoms. The number of azo groups is 2. The van der Waals surface area contributed by atoms with Crippen molar-refractivity contribution in [2.24, 2.45) is 20.5 Å². The molecule has 0 aliphatic carbocycles. The van der Waals surface area contributed by atoms with E-state index in [2.05, 4.69) is 20.5 Å². The molecule has 0 atom stereocenters. The van der Waals surface area contributed by atoms with E-state index in [9.17, 15) is 56.4 Å². The number of phenols is 2. The number of nitro benzene ring substituents is 2. The van der Waals surface area contributed by atoms with E-state index in [1.807, 2.05) is 0 Å². The molecule has 6 aromatic rings. The van der Waals surface area contributed by atoms with E-state index in [0.717, 1.165) is 12.1 Å². The summed E-state index contributed by atoms with van der Waals surface area (Å²) in [7, 11) is -9.62. The van der Waals surface area contributed by atoms with Gasteiger partial charge in [-0.15, -0.1) is 10.2 Å². The van der Waals surface area contributed by atoms with Crippen LogP contribution in [-0.2, 0) is 20.2 Å². The number of nitro groups is 2. The third-order valence-corrected chi connectivity index (χ3v) is 9.50. The summed E-state index contributed by atoms with van der Waals surface area (Å²) in [5.41, 5.74) is 0.720. The molecule has 0 aliphatic heterocycles. The van der Waals surface area contributed by atoms with Gasteiger partial charge in [0.15, 0.2) is 0 Å². The standard InChI is InChI=1S/2C17H13N3O6S.Ca/c2*1-10-9-12(6-7-13(10)20(22)23)18-19-17-14(21)8-5-11-3-2-4-15(16(11)17)27(24,25)26;/h2*2-9,21H,1H3,(H,24,25,26);/q;;+2/p-2. The number of hydrogen-bond donors (Lipinski definition) is 2. The summed E-state index contributed by atoms with van der Waals surface area (Å²) < 4.78 is 69.3. The van der Waals surface area contributed by atoms with E-state index >= 15 is 0 Å². The van der Waals surface area contributed by atoms with Crippen molar-refractivity contribution in [3.8, 4) is 11.5 Å². The molecule has 21 heteroatoms. The molecule has 6 rings (SSSR count). The zero-order valence-corrected chi connectivity index (χ0v) is 32.3. The maximum atomic E-state index is 11.6. The molecule has 0 fully saturated rings.